The maximum absolute atomic E-state index is 11.2. The maximum atomic E-state index is 11.2. The van der Waals surface area contributed by atoms with Crippen molar-refractivity contribution in [3.63, 3.8) is 0 Å². The van der Waals surface area contributed by atoms with Crippen molar-refractivity contribution < 1.29 is 4.79 Å². The topological polar surface area (TPSA) is 17.1 Å². The van der Waals surface area contributed by atoms with Crippen LogP contribution in [0, 0.1) is 6.92 Å². The molecule has 1 nitrogen and oxygen atoms in total. The number of rotatable bonds is 4. The van der Waals surface area contributed by atoms with E-state index in [0.717, 1.165) is 30.4 Å². The van der Waals surface area contributed by atoms with E-state index in [1.165, 1.54) is 12.8 Å². The quantitative estimate of drug-likeness (QED) is 0.584. The lowest BCUT2D eigenvalue weighted by molar-refractivity contribution is -0.115. The summed E-state index contributed by atoms with van der Waals surface area (Å²) in [6.07, 6.45) is 5.84. The van der Waals surface area contributed by atoms with E-state index in [4.69, 9.17) is 6.92 Å². The predicted octanol–water partition coefficient (Wildman–Crippen LogP) is 2.94. The van der Waals surface area contributed by atoms with E-state index in [1.807, 2.05) is 0 Å². The van der Waals surface area contributed by atoms with Gasteiger partial charge in [0.25, 0.3) is 0 Å². The van der Waals surface area contributed by atoms with Crippen LogP contribution in [-0.2, 0) is 4.79 Å². The number of unbranched alkanes of at least 4 members (excludes halogenated alkanes) is 2. The number of hydrogen-bond acceptors (Lipinski definition) is 1. The summed E-state index contributed by atoms with van der Waals surface area (Å²) in [7, 11) is 0. The highest BCUT2D eigenvalue weighted by molar-refractivity contribution is 5.98. The summed E-state index contributed by atoms with van der Waals surface area (Å²) < 4.78 is 0. The fourth-order valence-electron chi connectivity index (χ4n) is 1.58. The Kier molecular flexibility index (Phi) is 3.51. The Labute approximate surface area is 74.9 Å². The molecule has 0 saturated carbocycles. The summed E-state index contributed by atoms with van der Waals surface area (Å²) in [5.41, 5.74) is 1.76. The number of Topliss-reactive ketones (excluding diaryl/α,β-unsaturated/α-hetero) is 1. The molecular formula is C11H16O. The van der Waals surface area contributed by atoms with Crippen LogP contribution in [0.15, 0.2) is 11.1 Å². The fraction of sp³-hybridized carbons (Fsp3) is 0.636. The minimum absolute atomic E-state index is 0.281. The summed E-state index contributed by atoms with van der Waals surface area (Å²) in [6.45, 7) is 7.87. The first-order valence-electron chi connectivity index (χ1n) is 4.76. The lowest BCUT2D eigenvalue weighted by Gasteiger charge is -2.00. The number of hydrogen-bond donors (Lipinski definition) is 0. The van der Waals surface area contributed by atoms with Gasteiger partial charge in [-0.3, -0.25) is 4.79 Å². The molecule has 0 fully saturated rings. The second-order valence-corrected chi connectivity index (χ2v) is 3.38. The van der Waals surface area contributed by atoms with Gasteiger partial charge in [-0.15, -0.1) is 0 Å². The van der Waals surface area contributed by atoms with Crippen LogP contribution in [0.25, 0.3) is 0 Å². The van der Waals surface area contributed by atoms with Gasteiger partial charge in [0, 0.05) is 6.42 Å². The van der Waals surface area contributed by atoms with Gasteiger partial charge < -0.3 is 0 Å². The zero-order valence-electron chi connectivity index (χ0n) is 7.73. The van der Waals surface area contributed by atoms with Gasteiger partial charge in [0.15, 0.2) is 5.78 Å². The Bertz CT molecular complexity index is 201. The van der Waals surface area contributed by atoms with E-state index in [1.54, 1.807) is 0 Å². The van der Waals surface area contributed by atoms with Crippen molar-refractivity contribution in [2.24, 2.45) is 0 Å². The SMILES string of the molecule is [CH]C1=C(CCCCC)C(=O)CC1. The molecule has 2 radical (unpaired) electrons. The molecule has 66 valence electrons. The van der Waals surface area contributed by atoms with Gasteiger partial charge >= 0.3 is 0 Å². The monoisotopic (exact) mass is 164 g/mol. The molecule has 0 N–H and O–H groups in total. The van der Waals surface area contributed by atoms with E-state index in [9.17, 15) is 4.79 Å². The molecule has 0 amide bonds. The van der Waals surface area contributed by atoms with Crippen molar-refractivity contribution in [1.29, 1.82) is 0 Å². The zero-order chi connectivity index (χ0) is 8.97. The van der Waals surface area contributed by atoms with Crippen LogP contribution in [-0.4, -0.2) is 5.78 Å². The Morgan fingerprint density at radius 3 is 2.58 bits per heavy atom. The second-order valence-electron chi connectivity index (χ2n) is 3.38. The molecule has 1 aliphatic carbocycles. The molecule has 0 heterocycles. The average Bonchev–Trinajstić information content (AvgIpc) is 2.35. The van der Waals surface area contributed by atoms with Gasteiger partial charge in [0.05, 0.1) is 0 Å². The largest absolute Gasteiger partial charge is 0.295 e. The predicted molar refractivity (Wildman–Crippen MR) is 49.7 cm³/mol. The number of carbonyl (C=O) groups excluding carboxylic acids is 1. The number of allylic oxidation sites excluding steroid dienone is 2. The smallest absolute Gasteiger partial charge is 0.159 e. The molecule has 1 aliphatic rings. The molecule has 0 aromatic heterocycles. The van der Waals surface area contributed by atoms with Crippen LogP contribution in [0.2, 0.25) is 0 Å². The van der Waals surface area contributed by atoms with Crippen LogP contribution in [0.3, 0.4) is 0 Å². The molecule has 1 rings (SSSR count). The lowest BCUT2D eigenvalue weighted by atomic mass is 10.0. The molecule has 0 bridgehead atoms. The first-order chi connectivity index (χ1) is 5.75. The van der Waals surface area contributed by atoms with Crippen LogP contribution in [0.1, 0.15) is 45.4 Å². The molecule has 0 aromatic carbocycles. The third-order valence-electron chi connectivity index (χ3n) is 2.38. The first-order valence-corrected chi connectivity index (χ1v) is 4.76. The number of carbonyl (C=O) groups is 1. The summed E-state index contributed by atoms with van der Waals surface area (Å²) in [6, 6.07) is 0. The zero-order valence-corrected chi connectivity index (χ0v) is 7.73. The van der Waals surface area contributed by atoms with E-state index in [0.29, 0.717) is 6.42 Å². The van der Waals surface area contributed by atoms with E-state index < -0.39 is 0 Å². The van der Waals surface area contributed by atoms with E-state index in [-0.39, 0.29) is 5.78 Å². The van der Waals surface area contributed by atoms with Crippen LogP contribution >= 0.6 is 0 Å². The van der Waals surface area contributed by atoms with Crippen molar-refractivity contribution in [1.82, 2.24) is 0 Å². The normalized spacial score (nSPS) is 17.7. The molecule has 12 heavy (non-hydrogen) atoms. The summed E-state index contributed by atoms with van der Waals surface area (Å²) in [5.74, 6) is 0.281. The van der Waals surface area contributed by atoms with Crippen molar-refractivity contribution >= 4 is 5.78 Å². The van der Waals surface area contributed by atoms with Gasteiger partial charge in [-0.1, -0.05) is 25.3 Å². The Morgan fingerprint density at radius 2 is 2.08 bits per heavy atom. The Hall–Kier alpha value is -0.590. The molecular weight excluding hydrogens is 148 g/mol. The second kappa shape index (κ2) is 4.44. The summed E-state index contributed by atoms with van der Waals surface area (Å²) in [4.78, 5) is 11.2. The third-order valence-corrected chi connectivity index (χ3v) is 2.38. The molecule has 1 heteroatoms. The summed E-state index contributed by atoms with van der Waals surface area (Å²) >= 11 is 0. The van der Waals surface area contributed by atoms with Crippen LogP contribution < -0.4 is 0 Å². The van der Waals surface area contributed by atoms with Crippen LogP contribution in [0.4, 0.5) is 0 Å². The van der Waals surface area contributed by atoms with Crippen molar-refractivity contribution in [2.75, 3.05) is 0 Å². The van der Waals surface area contributed by atoms with Gasteiger partial charge in [-0.2, -0.15) is 0 Å². The molecule has 0 spiro atoms. The molecule has 0 unspecified atom stereocenters. The summed E-state index contributed by atoms with van der Waals surface area (Å²) in [5, 5.41) is 0. The van der Waals surface area contributed by atoms with Gasteiger partial charge in [-0.25, -0.2) is 0 Å². The minimum Gasteiger partial charge on any atom is -0.295 e. The van der Waals surface area contributed by atoms with Crippen LogP contribution in [0.5, 0.6) is 0 Å². The van der Waals surface area contributed by atoms with Gasteiger partial charge in [0.1, 0.15) is 0 Å². The first kappa shape index (κ1) is 9.50. The van der Waals surface area contributed by atoms with Crippen molar-refractivity contribution in [3.05, 3.63) is 18.1 Å². The molecule has 0 aliphatic heterocycles. The highest BCUT2D eigenvalue weighted by Crippen LogP contribution is 2.25. The maximum Gasteiger partial charge on any atom is 0.159 e. The average molecular weight is 164 g/mol. The van der Waals surface area contributed by atoms with E-state index >= 15 is 0 Å². The minimum atomic E-state index is 0.281. The molecule has 0 aromatic rings. The highest BCUT2D eigenvalue weighted by atomic mass is 16.1. The lowest BCUT2D eigenvalue weighted by Crippen LogP contribution is -1.96. The standard InChI is InChI=1S/C11H16O/c1-3-4-5-6-10-9(2)7-8-11(10)12/h2H,3-8H2,1H3. The third kappa shape index (κ3) is 2.20. The van der Waals surface area contributed by atoms with Gasteiger partial charge in [-0.05, 0) is 31.8 Å². The fourth-order valence-corrected chi connectivity index (χ4v) is 1.58. The highest BCUT2D eigenvalue weighted by Gasteiger charge is 2.18. The molecule has 0 saturated heterocycles. The molecule has 0 atom stereocenters. The Balaban J connectivity index is 2.39. The van der Waals surface area contributed by atoms with E-state index in [2.05, 4.69) is 6.92 Å². The number of ketones is 1. The van der Waals surface area contributed by atoms with Gasteiger partial charge in [0.2, 0.25) is 0 Å². The Morgan fingerprint density at radius 1 is 1.33 bits per heavy atom. The van der Waals surface area contributed by atoms with Crippen molar-refractivity contribution in [2.45, 2.75) is 45.4 Å². The van der Waals surface area contributed by atoms with Crippen molar-refractivity contribution in [3.8, 4) is 0 Å².